The number of carbonyl (C=O) groups excluding carboxylic acids is 2. The molecule has 1 aliphatic heterocycles. The Bertz CT molecular complexity index is 1540. The summed E-state index contributed by atoms with van der Waals surface area (Å²) in [4.78, 5) is 27.4. The number of ether oxygens (including phenoxy) is 2. The van der Waals surface area contributed by atoms with Crippen LogP contribution in [0, 0.1) is 12.3 Å². The number of aromatic hydroxyl groups is 1. The lowest BCUT2D eigenvalue weighted by Crippen LogP contribution is -2.36. The number of ketones is 1. The minimum absolute atomic E-state index is 0.0577. The van der Waals surface area contributed by atoms with Crippen LogP contribution in [0.5, 0.6) is 11.5 Å². The van der Waals surface area contributed by atoms with Crippen molar-refractivity contribution in [1.82, 2.24) is 5.32 Å². The maximum absolute atomic E-state index is 13.8. The number of terminal acetylenes is 1. The summed E-state index contributed by atoms with van der Waals surface area (Å²) in [6.07, 6.45) is 6.29. The Kier molecular flexibility index (Phi) is 7.25. The first-order chi connectivity index (χ1) is 18.9. The van der Waals surface area contributed by atoms with Gasteiger partial charge in [0.05, 0.1) is 12.7 Å². The van der Waals surface area contributed by atoms with Crippen molar-refractivity contribution < 1.29 is 24.2 Å². The average Bonchev–Trinajstić information content (AvgIpc) is 2.95. The predicted molar refractivity (Wildman–Crippen MR) is 148 cm³/mol. The first kappa shape index (κ1) is 25.9. The molecule has 1 heterocycles. The molecular formula is C33H29NO5. The highest BCUT2D eigenvalue weighted by atomic mass is 16.5. The fourth-order valence-electron chi connectivity index (χ4n) is 5.49. The maximum atomic E-state index is 13.8. The van der Waals surface area contributed by atoms with E-state index < -0.39 is 11.9 Å². The summed E-state index contributed by atoms with van der Waals surface area (Å²) in [5.41, 5.74) is 5.43. The van der Waals surface area contributed by atoms with E-state index in [0.717, 1.165) is 28.1 Å². The van der Waals surface area contributed by atoms with E-state index in [2.05, 4.69) is 11.2 Å². The zero-order chi connectivity index (χ0) is 27.5. The van der Waals surface area contributed by atoms with Gasteiger partial charge in [-0.05, 0) is 60.4 Å². The van der Waals surface area contributed by atoms with Crippen LogP contribution >= 0.6 is 0 Å². The number of phenolic OH excluding ortho intramolecular Hbond substituents is 1. The predicted octanol–water partition coefficient (Wildman–Crippen LogP) is 5.49. The van der Waals surface area contributed by atoms with E-state index in [0.29, 0.717) is 28.8 Å². The topological polar surface area (TPSA) is 84.9 Å². The number of phenols is 1. The van der Waals surface area contributed by atoms with Crippen LogP contribution in [0.15, 0.2) is 95.3 Å². The Morgan fingerprint density at radius 3 is 2.56 bits per heavy atom. The number of nitrogens with one attached hydrogen (secondary N) is 1. The molecule has 6 nitrogen and oxygen atoms in total. The van der Waals surface area contributed by atoms with Gasteiger partial charge in [0.2, 0.25) is 0 Å². The Morgan fingerprint density at radius 2 is 1.85 bits per heavy atom. The number of hydrogen-bond acceptors (Lipinski definition) is 6. The van der Waals surface area contributed by atoms with Gasteiger partial charge in [-0.3, -0.25) is 4.79 Å². The van der Waals surface area contributed by atoms with Crippen molar-refractivity contribution >= 4 is 11.8 Å². The summed E-state index contributed by atoms with van der Waals surface area (Å²) >= 11 is 0. The van der Waals surface area contributed by atoms with Crippen LogP contribution in [0.4, 0.5) is 0 Å². The summed E-state index contributed by atoms with van der Waals surface area (Å²) < 4.78 is 11.3. The number of benzene rings is 3. The van der Waals surface area contributed by atoms with Crippen LogP contribution in [0.3, 0.4) is 0 Å². The average molecular weight is 520 g/mol. The summed E-state index contributed by atoms with van der Waals surface area (Å²) in [5, 5.41) is 13.6. The fourth-order valence-corrected chi connectivity index (χ4v) is 5.49. The Balaban J connectivity index is 1.50. The number of hydrogen-bond donors (Lipinski definition) is 2. The van der Waals surface area contributed by atoms with Gasteiger partial charge in [-0.15, -0.1) is 6.42 Å². The standard InChI is InChI=1S/C33H29NO5/c1-4-21-12-14-22(15-13-21)19-39-33(37)30-20(2)34-27-17-24(26-10-5-6-11-29(26)38-3)18-28(36)32(27)31(30)23-8-7-9-25(35)16-23/h1,5-16,24,31,34-35H,17-19H2,2-3H3/t24-,31-/m1/s1. The van der Waals surface area contributed by atoms with Crippen LogP contribution in [-0.4, -0.2) is 24.0 Å². The van der Waals surface area contributed by atoms with Crippen molar-refractivity contribution in [2.75, 3.05) is 7.11 Å². The highest BCUT2D eigenvalue weighted by Crippen LogP contribution is 2.47. The van der Waals surface area contributed by atoms with Crippen molar-refractivity contribution in [2.45, 2.75) is 38.2 Å². The molecule has 2 atom stereocenters. The van der Waals surface area contributed by atoms with Crippen molar-refractivity contribution in [1.29, 1.82) is 0 Å². The van der Waals surface area contributed by atoms with Gasteiger partial charge in [-0.25, -0.2) is 4.79 Å². The number of para-hydroxylation sites is 1. The number of esters is 1. The zero-order valence-corrected chi connectivity index (χ0v) is 21.9. The molecule has 3 aromatic rings. The number of methoxy groups -OCH3 is 1. The molecule has 5 rings (SSSR count). The van der Waals surface area contributed by atoms with Crippen molar-refractivity contribution in [3.05, 3.63) is 118 Å². The molecule has 0 bridgehead atoms. The monoisotopic (exact) mass is 519 g/mol. The van der Waals surface area contributed by atoms with Crippen molar-refractivity contribution in [2.24, 2.45) is 0 Å². The molecule has 196 valence electrons. The molecule has 1 aliphatic carbocycles. The van der Waals surface area contributed by atoms with Gasteiger partial charge in [-0.2, -0.15) is 0 Å². The van der Waals surface area contributed by atoms with Gasteiger partial charge < -0.3 is 19.9 Å². The third kappa shape index (κ3) is 5.17. The van der Waals surface area contributed by atoms with Crippen LogP contribution in [0.2, 0.25) is 0 Å². The highest BCUT2D eigenvalue weighted by molar-refractivity contribution is 6.04. The normalized spacial score (nSPS) is 18.6. The largest absolute Gasteiger partial charge is 0.508 e. The molecule has 0 radical (unpaired) electrons. The number of rotatable bonds is 6. The van der Waals surface area contributed by atoms with Gasteiger partial charge in [0.1, 0.15) is 18.1 Å². The second-order valence-corrected chi connectivity index (χ2v) is 9.77. The lowest BCUT2D eigenvalue weighted by Gasteiger charge is -2.37. The summed E-state index contributed by atoms with van der Waals surface area (Å²) in [6, 6.07) is 21.6. The summed E-state index contributed by atoms with van der Waals surface area (Å²) in [5.74, 6) is 2.04. The van der Waals surface area contributed by atoms with Crippen molar-refractivity contribution in [3.63, 3.8) is 0 Å². The van der Waals surface area contributed by atoms with Gasteiger partial charge >= 0.3 is 5.97 Å². The van der Waals surface area contributed by atoms with Crippen LogP contribution in [-0.2, 0) is 20.9 Å². The smallest absolute Gasteiger partial charge is 0.337 e. The first-order valence-electron chi connectivity index (χ1n) is 12.8. The number of Topliss-reactive ketones (excluding diaryl/α,β-unsaturated/α-hetero) is 1. The van der Waals surface area contributed by atoms with Gasteiger partial charge in [0.25, 0.3) is 0 Å². The van der Waals surface area contributed by atoms with Gasteiger partial charge in [-0.1, -0.05) is 48.4 Å². The molecule has 3 aromatic carbocycles. The van der Waals surface area contributed by atoms with E-state index in [9.17, 15) is 14.7 Å². The molecular weight excluding hydrogens is 490 g/mol. The molecule has 6 heteroatoms. The lowest BCUT2D eigenvalue weighted by atomic mass is 9.71. The number of allylic oxidation sites excluding steroid dienone is 3. The maximum Gasteiger partial charge on any atom is 0.337 e. The van der Waals surface area contributed by atoms with Crippen LogP contribution in [0.25, 0.3) is 0 Å². The van der Waals surface area contributed by atoms with E-state index in [-0.39, 0.29) is 30.5 Å². The molecule has 2 aliphatic rings. The third-order valence-electron chi connectivity index (χ3n) is 7.32. The minimum atomic E-state index is -0.671. The SMILES string of the molecule is C#Cc1ccc(COC(=O)C2=C(C)NC3=C(C(=O)C[C@H](c4ccccc4OC)C3)[C@@H]2c2cccc(O)c2)cc1. The second kappa shape index (κ2) is 10.9. The number of carbonyl (C=O) groups is 2. The number of dihydropyridines is 1. The quantitative estimate of drug-likeness (QED) is 0.331. The lowest BCUT2D eigenvalue weighted by molar-refractivity contribution is -0.140. The zero-order valence-electron chi connectivity index (χ0n) is 21.9. The van der Waals surface area contributed by atoms with Crippen LogP contribution in [0.1, 0.15) is 53.9 Å². The second-order valence-electron chi connectivity index (χ2n) is 9.77. The Morgan fingerprint density at radius 1 is 1.08 bits per heavy atom. The minimum Gasteiger partial charge on any atom is -0.508 e. The molecule has 0 aromatic heterocycles. The molecule has 0 spiro atoms. The van der Waals surface area contributed by atoms with Crippen molar-refractivity contribution in [3.8, 4) is 23.8 Å². The molecule has 0 fully saturated rings. The molecule has 0 saturated heterocycles. The first-order valence-corrected chi connectivity index (χ1v) is 12.8. The third-order valence-corrected chi connectivity index (χ3v) is 7.32. The summed E-state index contributed by atoms with van der Waals surface area (Å²) in [6.45, 7) is 1.87. The fraction of sp³-hybridized carbons (Fsp3) is 0.212. The molecule has 0 amide bonds. The molecule has 0 unspecified atom stereocenters. The highest BCUT2D eigenvalue weighted by Gasteiger charge is 2.42. The van der Waals surface area contributed by atoms with E-state index in [1.165, 1.54) is 0 Å². The van der Waals surface area contributed by atoms with E-state index in [4.69, 9.17) is 15.9 Å². The van der Waals surface area contributed by atoms with Gasteiger partial charge in [0.15, 0.2) is 5.78 Å². The Hall–Kier alpha value is -4.76. The Labute approximate surface area is 228 Å². The molecule has 39 heavy (non-hydrogen) atoms. The van der Waals surface area contributed by atoms with E-state index in [1.54, 1.807) is 37.4 Å². The van der Waals surface area contributed by atoms with E-state index >= 15 is 0 Å². The molecule has 2 N–H and O–H groups in total. The molecule has 0 saturated carbocycles. The summed E-state index contributed by atoms with van der Waals surface area (Å²) in [7, 11) is 1.62. The van der Waals surface area contributed by atoms with E-state index in [1.807, 2.05) is 49.4 Å². The van der Waals surface area contributed by atoms with Crippen LogP contribution < -0.4 is 10.1 Å². The van der Waals surface area contributed by atoms with Gasteiger partial charge in [0, 0.05) is 40.8 Å².